The van der Waals surface area contributed by atoms with E-state index in [9.17, 15) is 4.39 Å². The summed E-state index contributed by atoms with van der Waals surface area (Å²) in [7, 11) is 0. The Bertz CT molecular complexity index is 461. The summed E-state index contributed by atoms with van der Waals surface area (Å²) in [5.74, 6) is -0.334. The molecule has 2 rings (SSSR count). The fourth-order valence-electron chi connectivity index (χ4n) is 3.00. The molecule has 1 heterocycles. The van der Waals surface area contributed by atoms with Crippen LogP contribution in [0.3, 0.4) is 0 Å². The van der Waals surface area contributed by atoms with Crippen molar-refractivity contribution in [2.24, 2.45) is 5.73 Å². The van der Waals surface area contributed by atoms with Gasteiger partial charge in [-0.1, -0.05) is 30.7 Å². The zero-order chi connectivity index (χ0) is 15.4. The SMILES string of the molecule is CCC(C)N1CCN(C(CN)c2cccc(Cl)c2F)CC1. The Balaban J connectivity index is 2.08. The second-order valence-electron chi connectivity index (χ2n) is 5.72. The van der Waals surface area contributed by atoms with E-state index in [4.69, 9.17) is 17.3 Å². The average Bonchev–Trinajstić information content (AvgIpc) is 2.52. The topological polar surface area (TPSA) is 32.5 Å². The lowest BCUT2D eigenvalue weighted by molar-refractivity contribution is 0.0733. The highest BCUT2D eigenvalue weighted by Crippen LogP contribution is 2.28. The number of nitrogens with two attached hydrogens (primary N) is 1. The highest BCUT2D eigenvalue weighted by atomic mass is 35.5. The van der Waals surface area contributed by atoms with Crippen LogP contribution in [0.4, 0.5) is 4.39 Å². The fourth-order valence-corrected chi connectivity index (χ4v) is 3.18. The van der Waals surface area contributed by atoms with E-state index in [0.717, 1.165) is 32.6 Å². The Morgan fingerprint density at radius 3 is 2.43 bits per heavy atom. The zero-order valence-corrected chi connectivity index (χ0v) is 13.6. The van der Waals surface area contributed by atoms with Gasteiger partial charge in [-0.05, 0) is 19.4 Å². The number of benzene rings is 1. The van der Waals surface area contributed by atoms with E-state index in [1.165, 1.54) is 0 Å². The van der Waals surface area contributed by atoms with Crippen LogP contribution in [0.2, 0.25) is 5.02 Å². The first-order valence-electron chi connectivity index (χ1n) is 7.70. The molecule has 1 saturated heterocycles. The van der Waals surface area contributed by atoms with Gasteiger partial charge in [0.25, 0.3) is 0 Å². The Morgan fingerprint density at radius 1 is 1.24 bits per heavy atom. The normalized spacial score (nSPS) is 20.4. The second-order valence-corrected chi connectivity index (χ2v) is 6.13. The Hall–Kier alpha value is -0.680. The van der Waals surface area contributed by atoms with E-state index in [1.807, 2.05) is 0 Å². The number of piperazine rings is 1. The molecule has 2 atom stereocenters. The van der Waals surface area contributed by atoms with Crippen molar-refractivity contribution >= 4 is 11.6 Å². The molecule has 1 aliphatic heterocycles. The summed E-state index contributed by atoms with van der Waals surface area (Å²) in [6.45, 7) is 8.71. The molecule has 0 aliphatic carbocycles. The van der Waals surface area contributed by atoms with E-state index >= 15 is 0 Å². The molecular weight excluding hydrogens is 289 g/mol. The van der Waals surface area contributed by atoms with Crippen molar-refractivity contribution in [3.05, 3.63) is 34.6 Å². The maximum atomic E-state index is 14.2. The molecule has 0 spiro atoms. The highest BCUT2D eigenvalue weighted by molar-refractivity contribution is 6.30. The third-order valence-corrected chi connectivity index (χ3v) is 4.86. The minimum Gasteiger partial charge on any atom is -0.329 e. The van der Waals surface area contributed by atoms with Gasteiger partial charge in [0.2, 0.25) is 0 Å². The third-order valence-electron chi connectivity index (χ3n) is 4.57. The van der Waals surface area contributed by atoms with Crippen molar-refractivity contribution in [2.75, 3.05) is 32.7 Å². The van der Waals surface area contributed by atoms with Crippen LogP contribution >= 0.6 is 11.6 Å². The molecule has 21 heavy (non-hydrogen) atoms. The van der Waals surface area contributed by atoms with Crippen molar-refractivity contribution in [1.82, 2.24) is 9.80 Å². The van der Waals surface area contributed by atoms with Crippen LogP contribution in [0, 0.1) is 5.82 Å². The van der Waals surface area contributed by atoms with Gasteiger partial charge >= 0.3 is 0 Å². The van der Waals surface area contributed by atoms with Crippen LogP contribution in [0.15, 0.2) is 18.2 Å². The van der Waals surface area contributed by atoms with Gasteiger partial charge in [0.15, 0.2) is 0 Å². The monoisotopic (exact) mass is 313 g/mol. The fraction of sp³-hybridized carbons (Fsp3) is 0.625. The molecule has 118 valence electrons. The Labute approximate surface area is 131 Å². The van der Waals surface area contributed by atoms with Crippen LogP contribution < -0.4 is 5.73 Å². The molecule has 5 heteroatoms. The number of halogens is 2. The first-order chi connectivity index (χ1) is 10.1. The van der Waals surface area contributed by atoms with Crippen molar-refractivity contribution in [3.8, 4) is 0 Å². The lowest BCUT2D eigenvalue weighted by atomic mass is 10.0. The van der Waals surface area contributed by atoms with Crippen molar-refractivity contribution < 1.29 is 4.39 Å². The van der Waals surface area contributed by atoms with Crippen molar-refractivity contribution in [2.45, 2.75) is 32.4 Å². The van der Waals surface area contributed by atoms with E-state index in [2.05, 4.69) is 23.6 Å². The third kappa shape index (κ3) is 3.75. The van der Waals surface area contributed by atoms with Gasteiger partial charge in [-0.2, -0.15) is 0 Å². The standard InChI is InChI=1S/C16H25ClFN3/c1-3-12(2)20-7-9-21(10-8-20)15(11-19)13-5-4-6-14(17)16(13)18/h4-6,12,15H,3,7-11,19H2,1-2H3. The van der Waals surface area contributed by atoms with Crippen molar-refractivity contribution in [3.63, 3.8) is 0 Å². The highest BCUT2D eigenvalue weighted by Gasteiger charge is 2.27. The summed E-state index contributed by atoms with van der Waals surface area (Å²) in [5, 5.41) is 0.171. The van der Waals surface area contributed by atoms with Crippen LogP contribution in [0.5, 0.6) is 0 Å². The van der Waals surface area contributed by atoms with E-state index in [1.54, 1.807) is 18.2 Å². The minimum absolute atomic E-state index is 0.0946. The Kier molecular flexibility index (Phi) is 5.99. The van der Waals surface area contributed by atoms with Gasteiger partial charge in [0.1, 0.15) is 5.82 Å². The molecular formula is C16H25ClFN3. The van der Waals surface area contributed by atoms with Crippen LogP contribution in [0.1, 0.15) is 31.9 Å². The molecule has 0 bridgehead atoms. The van der Waals surface area contributed by atoms with Gasteiger partial charge in [0, 0.05) is 44.3 Å². The van der Waals surface area contributed by atoms with Crippen molar-refractivity contribution in [1.29, 1.82) is 0 Å². The maximum absolute atomic E-state index is 14.2. The van der Waals surface area contributed by atoms with Gasteiger partial charge < -0.3 is 5.73 Å². The zero-order valence-electron chi connectivity index (χ0n) is 12.9. The summed E-state index contributed by atoms with van der Waals surface area (Å²) in [5.41, 5.74) is 6.52. The molecule has 0 saturated carbocycles. The van der Waals surface area contributed by atoms with E-state index < -0.39 is 0 Å². The smallest absolute Gasteiger partial charge is 0.146 e. The molecule has 1 aliphatic rings. The van der Waals surface area contributed by atoms with Crippen LogP contribution in [0.25, 0.3) is 0 Å². The first-order valence-corrected chi connectivity index (χ1v) is 8.08. The van der Waals surface area contributed by atoms with E-state index in [-0.39, 0.29) is 16.9 Å². The van der Waals surface area contributed by atoms with Gasteiger partial charge in [-0.25, -0.2) is 4.39 Å². The van der Waals surface area contributed by atoms with Crippen LogP contribution in [-0.4, -0.2) is 48.6 Å². The number of hydrogen-bond donors (Lipinski definition) is 1. The Morgan fingerprint density at radius 2 is 1.86 bits per heavy atom. The number of nitrogens with zero attached hydrogens (tertiary/aromatic N) is 2. The van der Waals surface area contributed by atoms with Gasteiger partial charge in [-0.15, -0.1) is 0 Å². The largest absolute Gasteiger partial charge is 0.329 e. The minimum atomic E-state index is -0.334. The molecule has 2 unspecified atom stereocenters. The van der Waals surface area contributed by atoms with Crippen LogP contribution in [-0.2, 0) is 0 Å². The number of rotatable bonds is 5. The molecule has 0 aromatic heterocycles. The lowest BCUT2D eigenvalue weighted by Crippen LogP contribution is -2.51. The van der Waals surface area contributed by atoms with Gasteiger partial charge in [-0.3, -0.25) is 9.80 Å². The summed E-state index contributed by atoms with van der Waals surface area (Å²) in [6.07, 6.45) is 1.16. The first kappa shape index (κ1) is 16.7. The predicted octanol–water partition coefficient (Wildman–Crippen LogP) is 2.90. The molecule has 1 aromatic rings. The molecule has 3 nitrogen and oxygen atoms in total. The summed E-state index contributed by atoms with van der Waals surface area (Å²) < 4.78 is 14.2. The second kappa shape index (κ2) is 7.54. The van der Waals surface area contributed by atoms with Gasteiger partial charge in [0.05, 0.1) is 11.1 Å². The molecule has 1 aromatic carbocycles. The summed E-state index contributed by atoms with van der Waals surface area (Å²) >= 11 is 5.89. The average molecular weight is 314 g/mol. The quantitative estimate of drug-likeness (QED) is 0.907. The summed E-state index contributed by atoms with van der Waals surface area (Å²) in [6, 6.07) is 5.67. The summed E-state index contributed by atoms with van der Waals surface area (Å²) in [4.78, 5) is 4.76. The molecule has 0 amide bonds. The van der Waals surface area contributed by atoms with E-state index in [0.29, 0.717) is 18.2 Å². The number of hydrogen-bond acceptors (Lipinski definition) is 3. The predicted molar refractivity (Wildman–Crippen MR) is 86.1 cm³/mol. The molecule has 2 N–H and O–H groups in total. The lowest BCUT2D eigenvalue weighted by Gasteiger charge is -2.41. The molecule has 1 fully saturated rings. The molecule has 0 radical (unpaired) electrons. The maximum Gasteiger partial charge on any atom is 0.146 e.